The van der Waals surface area contributed by atoms with Gasteiger partial charge in [0.2, 0.25) is 0 Å². The second-order valence-electron chi connectivity index (χ2n) is 5.93. The highest BCUT2D eigenvalue weighted by molar-refractivity contribution is 7.10. The normalized spacial score (nSPS) is 11.7. The van der Waals surface area contributed by atoms with Crippen LogP contribution in [-0.4, -0.2) is 20.1 Å². The van der Waals surface area contributed by atoms with Crippen LogP contribution in [0.25, 0.3) is 0 Å². The topological polar surface area (TPSA) is 47.6 Å². The van der Waals surface area contributed by atoms with Gasteiger partial charge in [0.25, 0.3) is 5.91 Å². The summed E-state index contributed by atoms with van der Waals surface area (Å²) >= 11 is 1.62. The minimum Gasteiger partial charge on any atom is -0.497 e. The maximum Gasteiger partial charge on any atom is 0.252 e. The quantitative estimate of drug-likeness (QED) is 0.693. The minimum absolute atomic E-state index is 0.179. The summed E-state index contributed by atoms with van der Waals surface area (Å²) in [6, 6.07) is 17.2. The van der Waals surface area contributed by atoms with Gasteiger partial charge in [0, 0.05) is 16.5 Å². The number of carbonyl (C=O) groups excluding carboxylic acids is 1. The Morgan fingerprint density at radius 2 is 1.65 bits per heavy atom. The van der Waals surface area contributed by atoms with Crippen molar-refractivity contribution in [2.45, 2.75) is 13.0 Å². The molecule has 5 heteroatoms. The summed E-state index contributed by atoms with van der Waals surface area (Å²) in [5.41, 5.74) is 2.72. The van der Waals surface area contributed by atoms with E-state index in [1.807, 2.05) is 36.6 Å². The summed E-state index contributed by atoms with van der Waals surface area (Å²) in [5, 5.41) is 5.15. The van der Waals surface area contributed by atoms with E-state index in [2.05, 4.69) is 17.4 Å². The third-order valence-electron chi connectivity index (χ3n) is 4.13. The van der Waals surface area contributed by atoms with E-state index in [4.69, 9.17) is 9.47 Å². The molecular formula is C21H21NO3S. The first-order valence-corrected chi connectivity index (χ1v) is 9.12. The second kappa shape index (κ2) is 8.06. The van der Waals surface area contributed by atoms with Gasteiger partial charge in [-0.3, -0.25) is 4.79 Å². The van der Waals surface area contributed by atoms with Crippen LogP contribution >= 0.6 is 11.3 Å². The summed E-state index contributed by atoms with van der Waals surface area (Å²) in [4.78, 5) is 14.0. The van der Waals surface area contributed by atoms with Gasteiger partial charge in [0.15, 0.2) is 0 Å². The molecule has 1 atom stereocenters. The van der Waals surface area contributed by atoms with Crippen molar-refractivity contribution in [1.29, 1.82) is 0 Å². The van der Waals surface area contributed by atoms with Gasteiger partial charge in [-0.1, -0.05) is 35.9 Å². The van der Waals surface area contributed by atoms with Crippen molar-refractivity contribution in [2.24, 2.45) is 0 Å². The van der Waals surface area contributed by atoms with Crippen LogP contribution in [-0.2, 0) is 0 Å². The van der Waals surface area contributed by atoms with Gasteiger partial charge in [0.05, 0.1) is 20.3 Å². The molecule has 0 fully saturated rings. The summed E-state index contributed by atoms with van der Waals surface area (Å²) in [6.45, 7) is 2.05. The van der Waals surface area contributed by atoms with E-state index in [-0.39, 0.29) is 11.9 Å². The molecule has 1 N–H and O–H groups in total. The van der Waals surface area contributed by atoms with Crippen LogP contribution in [0.2, 0.25) is 0 Å². The van der Waals surface area contributed by atoms with Gasteiger partial charge in [-0.05, 0) is 36.1 Å². The number of rotatable bonds is 6. The van der Waals surface area contributed by atoms with Gasteiger partial charge in [0.1, 0.15) is 11.5 Å². The molecule has 0 bridgehead atoms. The second-order valence-corrected chi connectivity index (χ2v) is 6.91. The van der Waals surface area contributed by atoms with Crippen LogP contribution in [0.4, 0.5) is 0 Å². The lowest BCUT2D eigenvalue weighted by Crippen LogP contribution is -2.28. The Balaban J connectivity index is 1.92. The maximum atomic E-state index is 12.9. The van der Waals surface area contributed by atoms with Crippen LogP contribution in [0.5, 0.6) is 11.5 Å². The molecule has 0 saturated carbocycles. The Morgan fingerprint density at radius 1 is 1.00 bits per heavy atom. The molecule has 0 radical (unpaired) electrons. The Hall–Kier alpha value is -2.79. The molecule has 0 unspecified atom stereocenters. The van der Waals surface area contributed by atoms with E-state index in [0.717, 1.165) is 10.4 Å². The molecule has 0 aliphatic heterocycles. The lowest BCUT2D eigenvalue weighted by molar-refractivity contribution is 0.0943. The molecule has 1 heterocycles. The molecule has 0 aliphatic carbocycles. The first-order chi connectivity index (χ1) is 12.6. The molecule has 1 amide bonds. The monoisotopic (exact) mass is 367 g/mol. The number of aryl methyl sites for hydroxylation is 1. The molecule has 0 spiro atoms. The summed E-state index contributed by atoms with van der Waals surface area (Å²) < 4.78 is 10.5. The molecule has 134 valence electrons. The van der Waals surface area contributed by atoms with E-state index in [9.17, 15) is 4.79 Å². The third kappa shape index (κ3) is 4.06. The molecule has 3 aromatic rings. The molecule has 0 aliphatic rings. The lowest BCUT2D eigenvalue weighted by Gasteiger charge is -2.19. The van der Waals surface area contributed by atoms with Crippen molar-refractivity contribution in [3.05, 3.63) is 81.5 Å². The van der Waals surface area contributed by atoms with Gasteiger partial charge in [-0.15, -0.1) is 11.3 Å². The van der Waals surface area contributed by atoms with Gasteiger partial charge < -0.3 is 14.8 Å². The van der Waals surface area contributed by atoms with Gasteiger partial charge >= 0.3 is 0 Å². The van der Waals surface area contributed by atoms with Crippen LogP contribution in [0.1, 0.15) is 32.4 Å². The highest BCUT2D eigenvalue weighted by atomic mass is 32.1. The van der Waals surface area contributed by atoms with Crippen molar-refractivity contribution in [3.63, 3.8) is 0 Å². The standard InChI is InChI=1S/C21H21NO3S/c1-14-6-8-15(9-7-14)20(19-5-4-10-26-19)22-21(23)16-11-17(24-2)13-18(12-16)25-3/h4-13,20H,1-3H3,(H,22,23)/t20-/m0/s1. The zero-order chi connectivity index (χ0) is 18.5. The number of methoxy groups -OCH3 is 2. The Bertz CT molecular complexity index is 851. The number of carbonyl (C=O) groups is 1. The Labute approximate surface area is 157 Å². The van der Waals surface area contributed by atoms with Crippen LogP contribution in [0.15, 0.2) is 60.0 Å². The fourth-order valence-electron chi connectivity index (χ4n) is 2.69. The molecule has 4 nitrogen and oxygen atoms in total. The molecule has 26 heavy (non-hydrogen) atoms. The van der Waals surface area contributed by atoms with Gasteiger partial charge in [-0.25, -0.2) is 0 Å². The maximum absolute atomic E-state index is 12.9. The number of amides is 1. The first-order valence-electron chi connectivity index (χ1n) is 8.24. The fraction of sp³-hybridized carbons (Fsp3) is 0.190. The number of ether oxygens (including phenoxy) is 2. The van der Waals surface area contributed by atoms with Crippen molar-refractivity contribution >= 4 is 17.2 Å². The average molecular weight is 367 g/mol. The highest BCUT2D eigenvalue weighted by Crippen LogP contribution is 2.28. The minimum atomic E-state index is -0.208. The number of nitrogens with one attached hydrogen (secondary N) is 1. The SMILES string of the molecule is COc1cc(OC)cc(C(=O)N[C@@H](c2ccc(C)cc2)c2cccs2)c1. The summed E-state index contributed by atoms with van der Waals surface area (Å²) in [6.07, 6.45) is 0. The number of benzene rings is 2. The van der Waals surface area contributed by atoms with E-state index in [1.165, 1.54) is 5.56 Å². The van der Waals surface area contributed by atoms with E-state index in [0.29, 0.717) is 17.1 Å². The molecule has 2 aromatic carbocycles. The highest BCUT2D eigenvalue weighted by Gasteiger charge is 2.19. The lowest BCUT2D eigenvalue weighted by atomic mass is 10.0. The Morgan fingerprint density at radius 3 is 2.19 bits per heavy atom. The fourth-order valence-corrected chi connectivity index (χ4v) is 3.49. The third-order valence-corrected chi connectivity index (χ3v) is 5.06. The van der Waals surface area contributed by atoms with Crippen LogP contribution in [0.3, 0.4) is 0 Å². The smallest absolute Gasteiger partial charge is 0.252 e. The van der Waals surface area contributed by atoms with Crippen molar-refractivity contribution in [2.75, 3.05) is 14.2 Å². The zero-order valence-corrected chi connectivity index (χ0v) is 15.8. The predicted molar refractivity (Wildman–Crippen MR) is 104 cm³/mol. The number of hydrogen-bond donors (Lipinski definition) is 1. The van der Waals surface area contributed by atoms with Crippen molar-refractivity contribution in [1.82, 2.24) is 5.32 Å². The number of hydrogen-bond acceptors (Lipinski definition) is 4. The Kier molecular flexibility index (Phi) is 5.58. The van der Waals surface area contributed by atoms with Crippen LogP contribution in [0, 0.1) is 6.92 Å². The first kappa shape index (κ1) is 18.0. The number of thiophene rings is 1. The molecular weight excluding hydrogens is 346 g/mol. The zero-order valence-electron chi connectivity index (χ0n) is 15.0. The van der Waals surface area contributed by atoms with E-state index >= 15 is 0 Å². The van der Waals surface area contributed by atoms with E-state index < -0.39 is 0 Å². The van der Waals surface area contributed by atoms with E-state index in [1.54, 1.807) is 43.8 Å². The molecule has 1 aromatic heterocycles. The largest absolute Gasteiger partial charge is 0.497 e. The average Bonchev–Trinajstić information content (AvgIpc) is 3.20. The van der Waals surface area contributed by atoms with Crippen LogP contribution < -0.4 is 14.8 Å². The molecule has 0 saturated heterocycles. The van der Waals surface area contributed by atoms with Crippen molar-refractivity contribution in [3.8, 4) is 11.5 Å². The molecule has 3 rings (SSSR count). The predicted octanol–water partition coefficient (Wildman–Crippen LogP) is 4.59. The van der Waals surface area contributed by atoms with Crippen molar-refractivity contribution < 1.29 is 14.3 Å². The summed E-state index contributed by atoms with van der Waals surface area (Å²) in [7, 11) is 3.13. The van der Waals surface area contributed by atoms with Gasteiger partial charge in [-0.2, -0.15) is 0 Å². The summed E-state index contributed by atoms with van der Waals surface area (Å²) in [5.74, 6) is 0.983.